The zero-order valence-electron chi connectivity index (χ0n) is 10.5. The van der Waals surface area contributed by atoms with E-state index in [4.69, 9.17) is 27.9 Å². The summed E-state index contributed by atoms with van der Waals surface area (Å²) in [7, 11) is 1.51. The van der Waals surface area contributed by atoms with Crippen LogP contribution in [0.3, 0.4) is 0 Å². The zero-order chi connectivity index (χ0) is 14.7. The third kappa shape index (κ3) is 3.39. The highest BCUT2D eigenvalue weighted by Gasteiger charge is 2.13. The van der Waals surface area contributed by atoms with Crippen molar-refractivity contribution in [2.45, 2.75) is 4.90 Å². The van der Waals surface area contributed by atoms with Crippen LogP contribution in [0.4, 0.5) is 5.69 Å². The van der Waals surface area contributed by atoms with E-state index in [1.54, 1.807) is 36.4 Å². The van der Waals surface area contributed by atoms with E-state index < -0.39 is 0 Å². The Hall–Kier alpha value is -1.36. The summed E-state index contributed by atoms with van der Waals surface area (Å²) < 4.78 is 5.17. The zero-order valence-corrected chi connectivity index (χ0v) is 12.9. The predicted molar refractivity (Wildman–Crippen MR) is 84.7 cm³/mol. The number of halogens is 2. The number of thiol groups is 1. The molecule has 2 rings (SSSR count). The summed E-state index contributed by atoms with van der Waals surface area (Å²) in [5, 5.41) is 3.56. The topological polar surface area (TPSA) is 38.3 Å². The molecule has 0 unspecified atom stereocenters. The van der Waals surface area contributed by atoms with Crippen LogP contribution in [0.1, 0.15) is 10.4 Å². The highest BCUT2D eigenvalue weighted by atomic mass is 35.5. The number of nitrogens with one attached hydrogen (secondary N) is 1. The summed E-state index contributed by atoms with van der Waals surface area (Å²) in [5.41, 5.74) is 0.812. The Morgan fingerprint density at radius 2 is 1.95 bits per heavy atom. The molecule has 1 N–H and O–H groups in total. The molecule has 104 valence electrons. The molecule has 0 aliphatic carbocycles. The molecule has 0 fully saturated rings. The number of anilines is 1. The van der Waals surface area contributed by atoms with Gasteiger partial charge in [0.1, 0.15) is 5.75 Å². The first kappa shape index (κ1) is 15.0. The molecule has 2 aromatic rings. The van der Waals surface area contributed by atoms with Crippen molar-refractivity contribution in [1.29, 1.82) is 0 Å². The van der Waals surface area contributed by atoms with Gasteiger partial charge < -0.3 is 10.1 Å². The third-order valence-corrected chi connectivity index (χ3v) is 3.45. The summed E-state index contributed by atoms with van der Waals surface area (Å²) in [5.74, 6) is 0.160. The van der Waals surface area contributed by atoms with E-state index >= 15 is 0 Å². The standard InChI is InChI=1S/C14H11Cl2NO2S/c1-19-13-5-2-8(15)6-12(13)17-14(18)10-7-9(20)3-4-11(10)16/h2-7,20H,1H3,(H,17,18). The second-order valence-electron chi connectivity index (χ2n) is 3.96. The Morgan fingerprint density at radius 3 is 2.65 bits per heavy atom. The molecular formula is C14H11Cl2NO2S. The van der Waals surface area contributed by atoms with Crippen LogP contribution in [-0.4, -0.2) is 13.0 Å². The Bertz CT molecular complexity index is 662. The largest absolute Gasteiger partial charge is 0.495 e. The smallest absolute Gasteiger partial charge is 0.257 e. The number of carbonyl (C=O) groups is 1. The Kier molecular flexibility index (Phi) is 4.81. The number of hydrogen-bond donors (Lipinski definition) is 2. The van der Waals surface area contributed by atoms with Crippen molar-refractivity contribution >= 4 is 47.4 Å². The molecule has 0 aromatic heterocycles. The fourth-order valence-electron chi connectivity index (χ4n) is 1.65. The lowest BCUT2D eigenvalue weighted by atomic mass is 10.2. The fourth-order valence-corrected chi connectivity index (χ4v) is 2.23. The second-order valence-corrected chi connectivity index (χ2v) is 5.32. The summed E-state index contributed by atoms with van der Waals surface area (Å²) in [6.07, 6.45) is 0. The van der Waals surface area contributed by atoms with Crippen LogP contribution in [-0.2, 0) is 0 Å². The average Bonchev–Trinajstić information content (AvgIpc) is 2.41. The van der Waals surface area contributed by atoms with Gasteiger partial charge >= 0.3 is 0 Å². The molecular weight excluding hydrogens is 317 g/mol. The van der Waals surface area contributed by atoms with Crippen molar-refractivity contribution in [3.05, 3.63) is 52.0 Å². The van der Waals surface area contributed by atoms with Crippen molar-refractivity contribution < 1.29 is 9.53 Å². The van der Waals surface area contributed by atoms with Crippen LogP contribution in [0.15, 0.2) is 41.3 Å². The quantitative estimate of drug-likeness (QED) is 0.812. The van der Waals surface area contributed by atoms with Crippen LogP contribution >= 0.6 is 35.8 Å². The number of ether oxygens (including phenoxy) is 1. The molecule has 0 aliphatic rings. The van der Waals surface area contributed by atoms with Gasteiger partial charge in [-0.25, -0.2) is 0 Å². The van der Waals surface area contributed by atoms with Gasteiger partial charge in [-0.2, -0.15) is 0 Å². The maximum atomic E-state index is 12.2. The lowest BCUT2D eigenvalue weighted by Gasteiger charge is -2.11. The molecule has 0 radical (unpaired) electrons. The summed E-state index contributed by atoms with van der Waals surface area (Å²) >= 11 is 16.1. The summed E-state index contributed by atoms with van der Waals surface area (Å²) in [6.45, 7) is 0. The Labute approximate surface area is 132 Å². The molecule has 3 nitrogen and oxygen atoms in total. The van der Waals surface area contributed by atoms with E-state index in [0.717, 1.165) is 0 Å². The minimum absolute atomic E-state index is 0.334. The molecule has 0 heterocycles. The minimum Gasteiger partial charge on any atom is -0.495 e. The highest BCUT2D eigenvalue weighted by Crippen LogP contribution is 2.29. The van der Waals surface area contributed by atoms with Gasteiger partial charge in [0, 0.05) is 9.92 Å². The van der Waals surface area contributed by atoms with Crippen LogP contribution in [0, 0.1) is 0 Å². The number of rotatable bonds is 3. The van der Waals surface area contributed by atoms with Crippen molar-refractivity contribution in [3.8, 4) is 5.75 Å². The molecule has 0 saturated heterocycles. The van der Waals surface area contributed by atoms with Gasteiger partial charge in [0.15, 0.2) is 0 Å². The average molecular weight is 328 g/mol. The number of hydrogen-bond acceptors (Lipinski definition) is 3. The molecule has 0 atom stereocenters. The number of carbonyl (C=O) groups excluding carboxylic acids is 1. The first-order chi connectivity index (χ1) is 9.51. The normalized spacial score (nSPS) is 10.2. The molecule has 1 amide bonds. The van der Waals surface area contributed by atoms with E-state index in [9.17, 15) is 4.79 Å². The maximum Gasteiger partial charge on any atom is 0.257 e. The van der Waals surface area contributed by atoms with Crippen LogP contribution in [0.2, 0.25) is 10.0 Å². The molecule has 0 spiro atoms. The van der Waals surface area contributed by atoms with Crippen molar-refractivity contribution in [2.24, 2.45) is 0 Å². The Balaban J connectivity index is 2.32. The highest BCUT2D eigenvalue weighted by molar-refractivity contribution is 7.80. The summed E-state index contributed by atoms with van der Waals surface area (Å²) in [6, 6.07) is 9.89. The molecule has 6 heteroatoms. The summed E-state index contributed by atoms with van der Waals surface area (Å²) in [4.78, 5) is 12.9. The second kappa shape index (κ2) is 6.39. The predicted octanol–water partition coefficient (Wildman–Crippen LogP) is 4.54. The Morgan fingerprint density at radius 1 is 1.20 bits per heavy atom. The van der Waals surface area contributed by atoms with Gasteiger partial charge in [0.2, 0.25) is 0 Å². The van der Waals surface area contributed by atoms with Gasteiger partial charge in [0.25, 0.3) is 5.91 Å². The monoisotopic (exact) mass is 327 g/mol. The lowest BCUT2D eigenvalue weighted by Crippen LogP contribution is -2.13. The van der Waals surface area contributed by atoms with Gasteiger partial charge in [-0.1, -0.05) is 23.2 Å². The minimum atomic E-state index is -0.355. The molecule has 0 aliphatic heterocycles. The van der Waals surface area contributed by atoms with E-state index in [1.165, 1.54) is 7.11 Å². The lowest BCUT2D eigenvalue weighted by molar-refractivity contribution is 0.102. The number of methoxy groups -OCH3 is 1. The molecule has 0 bridgehead atoms. The van der Waals surface area contributed by atoms with Gasteiger partial charge in [-0.15, -0.1) is 12.6 Å². The van der Waals surface area contributed by atoms with E-state index in [-0.39, 0.29) is 5.91 Å². The maximum absolute atomic E-state index is 12.2. The van der Waals surface area contributed by atoms with Crippen LogP contribution in [0.25, 0.3) is 0 Å². The van der Waals surface area contributed by atoms with Gasteiger partial charge in [-0.3, -0.25) is 4.79 Å². The van der Waals surface area contributed by atoms with E-state index in [1.807, 2.05) is 0 Å². The van der Waals surface area contributed by atoms with Gasteiger partial charge in [-0.05, 0) is 36.4 Å². The van der Waals surface area contributed by atoms with Crippen molar-refractivity contribution in [2.75, 3.05) is 12.4 Å². The van der Waals surface area contributed by atoms with Crippen LogP contribution in [0.5, 0.6) is 5.75 Å². The molecule has 20 heavy (non-hydrogen) atoms. The molecule has 0 saturated carbocycles. The fraction of sp³-hybridized carbons (Fsp3) is 0.0714. The van der Waals surface area contributed by atoms with Crippen molar-refractivity contribution in [1.82, 2.24) is 0 Å². The SMILES string of the molecule is COc1ccc(Cl)cc1NC(=O)c1cc(S)ccc1Cl. The third-order valence-electron chi connectivity index (χ3n) is 2.60. The van der Waals surface area contributed by atoms with Crippen LogP contribution < -0.4 is 10.1 Å². The van der Waals surface area contributed by atoms with E-state index in [2.05, 4.69) is 17.9 Å². The number of amides is 1. The first-order valence-corrected chi connectivity index (χ1v) is 6.85. The van der Waals surface area contributed by atoms with E-state index in [0.29, 0.717) is 31.9 Å². The van der Waals surface area contributed by atoms with Gasteiger partial charge in [0.05, 0.1) is 23.4 Å². The first-order valence-electron chi connectivity index (χ1n) is 5.64. The van der Waals surface area contributed by atoms with Crippen molar-refractivity contribution in [3.63, 3.8) is 0 Å². The number of benzene rings is 2. The molecule has 2 aromatic carbocycles.